The van der Waals surface area contributed by atoms with Crippen molar-refractivity contribution in [1.82, 2.24) is 10.5 Å². The second kappa shape index (κ2) is 6.43. The molecular formula is C11H17N5O2. The van der Waals surface area contributed by atoms with Crippen molar-refractivity contribution in [2.45, 2.75) is 20.3 Å². The van der Waals surface area contributed by atoms with E-state index in [1.807, 2.05) is 25.4 Å². The molecule has 1 rings (SSSR count). The van der Waals surface area contributed by atoms with E-state index in [4.69, 9.17) is 11.1 Å². The number of pyridine rings is 1. The zero-order valence-electron chi connectivity index (χ0n) is 10.4. The van der Waals surface area contributed by atoms with Crippen molar-refractivity contribution in [2.75, 3.05) is 11.4 Å². The Balaban J connectivity index is 2.78. The molecule has 0 bridgehead atoms. The molecule has 0 spiro atoms. The predicted molar refractivity (Wildman–Crippen MR) is 68.1 cm³/mol. The lowest BCUT2D eigenvalue weighted by Gasteiger charge is -2.20. The summed E-state index contributed by atoms with van der Waals surface area (Å²) in [6.07, 6.45) is 1.74. The van der Waals surface area contributed by atoms with E-state index in [1.54, 1.807) is 12.3 Å². The van der Waals surface area contributed by atoms with E-state index in [0.29, 0.717) is 12.2 Å². The first-order valence-electron chi connectivity index (χ1n) is 5.55. The number of aryl methyl sites for hydroxylation is 1. The lowest BCUT2D eigenvalue weighted by molar-refractivity contribution is 0.126. The summed E-state index contributed by atoms with van der Waals surface area (Å²) < 4.78 is 0. The quantitative estimate of drug-likeness (QED) is 0.424. The summed E-state index contributed by atoms with van der Waals surface area (Å²) in [6.45, 7) is 4.30. The van der Waals surface area contributed by atoms with Crippen LogP contribution < -0.4 is 16.1 Å². The van der Waals surface area contributed by atoms with Crippen molar-refractivity contribution >= 4 is 17.7 Å². The fourth-order valence-corrected chi connectivity index (χ4v) is 1.32. The van der Waals surface area contributed by atoms with Gasteiger partial charge in [0.1, 0.15) is 0 Å². The fraction of sp³-hybridized carbons (Fsp3) is 0.364. The van der Waals surface area contributed by atoms with Crippen molar-refractivity contribution in [2.24, 2.45) is 5.73 Å². The molecule has 98 valence electrons. The first kappa shape index (κ1) is 13.8. The topological polar surface area (TPSA) is 104 Å². The fourth-order valence-electron chi connectivity index (χ4n) is 1.32. The Morgan fingerprint density at radius 2 is 2.33 bits per heavy atom. The van der Waals surface area contributed by atoms with Gasteiger partial charge in [-0.05, 0) is 25.5 Å². The second-order valence-corrected chi connectivity index (χ2v) is 3.69. The van der Waals surface area contributed by atoms with Crippen LogP contribution in [0.1, 0.15) is 19.0 Å². The molecule has 0 aliphatic heterocycles. The Labute approximate surface area is 105 Å². The summed E-state index contributed by atoms with van der Waals surface area (Å²) in [7, 11) is 0. The van der Waals surface area contributed by atoms with Gasteiger partial charge in [0.25, 0.3) is 0 Å². The smallest absolute Gasteiger partial charge is 0.368 e. The summed E-state index contributed by atoms with van der Waals surface area (Å²) in [5.41, 5.74) is 8.56. The van der Waals surface area contributed by atoms with Crippen LogP contribution in [0, 0.1) is 12.3 Å². The number of hydrogen-bond donors (Lipinski definition) is 3. The minimum atomic E-state index is -0.627. The molecule has 7 heteroatoms. The number of nitrogens with two attached hydrogens (primary N) is 1. The van der Waals surface area contributed by atoms with Gasteiger partial charge in [0.2, 0.25) is 5.96 Å². The van der Waals surface area contributed by atoms with Gasteiger partial charge in [0, 0.05) is 12.2 Å². The second-order valence-electron chi connectivity index (χ2n) is 3.69. The maximum Gasteiger partial charge on any atom is 0.438 e. The van der Waals surface area contributed by atoms with E-state index in [-0.39, 0.29) is 0 Å². The minimum Gasteiger partial charge on any atom is -0.368 e. The molecule has 0 radical (unpaired) electrons. The third kappa shape index (κ3) is 3.93. The van der Waals surface area contributed by atoms with Crippen LogP contribution in [0.3, 0.4) is 0 Å². The monoisotopic (exact) mass is 251 g/mol. The van der Waals surface area contributed by atoms with Gasteiger partial charge in [-0.3, -0.25) is 15.3 Å². The summed E-state index contributed by atoms with van der Waals surface area (Å²) in [5, 5.41) is 6.92. The Morgan fingerprint density at radius 3 is 2.83 bits per heavy atom. The third-order valence-corrected chi connectivity index (χ3v) is 2.12. The molecule has 0 atom stereocenters. The summed E-state index contributed by atoms with van der Waals surface area (Å²) >= 11 is 0. The molecule has 1 amide bonds. The number of rotatable bonds is 3. The summed E-state index contributed by atoms with van der Waals surface area (Å²) in [5.74, 6) is -0.429. The number of nitrogens with zero attached hydrogens (tertiary/aromatic N) is 2. The third-order valence-electron chi connectivity index (χ3n) is 2.12. The van der Waals surface area contributed by atoms with Gasteiger partial charge < -0.3 is 10.6 Å². The molecule has 1 aromatic heterocycles. The lowest BCUT2D eigenvalue weighted by atomic mass is 10.3. The molecule has 7 nitrogen and oxygen atoms in total. The molecule has 18 heavy (non-hydrogen) atoms. The molecule has 0 fully saturated rings. The Kier molecular flexibility index (Phi) is 4.91. The molecular weight excluding hydrogens is 234 g/mol. The van der Waals surface area contributed by atoms with Crippen LogP contribution in [0.25, 0.3) is 0 Å². The number of nitrogens with one attached hydrogen (secondary N) is 2. The highest BCUT2D eigenvalue weighted by molar-refractivity contribution is 5.88. The van der Waals surface area contributed by atoms with E-state index >= 15 is 0 Å². The van der Waals surface area contributed by atoms with Crippen molar-refractivity contribution in [3.05, 3.63) is 24.0 Å². The number of hydroxylamine groups is 1. The highest BCUT2D eigenvalue weighted by Gasteiger charge is 2.17. The van der Waals surface area contributed by atoms with Crippen LogP contribution in [0.4, 0.5) is 10.5 Å². The van der Waals surface area contributed by atoms with Crippen LogP contribution in [-0.2, 0) is 4.84 Å². The average molecular weight is 251 g/mol. The normalized spacial score (nSPS) is 9.67. The van der Waals surface area contributed by atoms with Gasteiger partial charge in [0.15, 0.2) is 0 Å². The molecule has 0 saturated heterocycles. The van der Waals surface area contributed by atoms with Crippen molar-refractivity contribution in [1.29, 1.82) is 5.41 Å². The van der Waals surface area contributed by atoms with E-state index in [0.717, 1.165) is 12.1 Å². The van der Waals surface area contributed by atoms with Crippen LogP contribution >= 0.6 is 0 Å². The number of carbonyl (C=O) groups excluding carboxylic acids is 1. The predicted octanol–water partition coefficient (Wildman–Crippen LogP) is 1.14. The van der Waals surface area contributed by atoms with E-state index < -0.39 is 12.1 Å². The Hall–Kier alpha value is -2.31. The standard InChI is InChI=1S/C11H17N5O2/c1-3-6-16(11(17)18-15-10(12)13)9-5-4-8(2)14-7-9/h4-5,7H,3,6H2,1-2H3,(H4,12,13,15). The maximum atomic E-state index is 11.8. The van der Waals surface area contributed by atoms with Gasteiger partial charge in [-0.15, -0.1) is 0 Å². The first-order valence-corrected chi connectivity index (χ1v) is 5.55. The summed E-state index contributed by atoms with van der Waals surface area (Å²) in [4.78, 5) is 22.0. The number of aromatic nitrogens is 1. The van der Waals surface area contributed by atoms with Gasteiger partial charge >= 0.3 is 6.09 Å². The lowest BCUT2D eigenvalue weighted by Crippen LogP contribution is -2.40. The molecule has 1 heterocycles. The minimum absolute atomic E-state index is 0.429. The molecule has 0 aromatic carbocycles. The van der Waals surface area contributed by atoms with Crippen molar-refractivity contribution in [3.63, 3.8) is 0 Å². The Bertz CT molecular complexity index is 418. The van der Waals surface area contributed by atoms with E-state index in [2.05, 4.69) is 9.82 Å². The van der Waals surface area contributed by atoms with E-state index in [9.17, 15) is 4.79 Å². The van der Waals surface area contributed by atoms with E-state index in [1.165, 1.54) is 4.90 Å². The van der Waals surface area contributed by atoms with Gasteiger partial charge in [-0.25, -0.2) is 4.79 Å². The van der Waals surface area contributed by atoms with Crippen LogP contribution in [0.15, 0.2) is 18.3 Å². The number of carbonyl (C=O) groups is 1. The molecule has 0 aliphatic rings. The van der Waals surface area contributed by atoms with Gasteiger partial charge in [0.05, 0.1) is 11.9 Å². The molecule has 0 saturated carbocycles. The zero-order valence-corrected chi connectivity index (χ0v) is 10.4. The van der Waals surface area contributed by atoms with Gasteiger partial charge in [-0.1, -0.05) is 6.92 Å². The largest absolute Gasteiger partial charge is 0.438 e. The number of guanidine groups is 1. The van der Waals surface area contributed by atoms with Crippen molar-refractivity contribution in [3.8, 4) is 0 Å². The Morgan fingerprint density at radius 1 is 1.61 bits per heavy atom. The number of anilines is 1. The SMILES string of the molecule is CCCN(C(=O)ONC(=N)N)c1ccc(C)nc1. The molecule has 0 aliphatic carbocycles. The number of hydrogen-bond acceptors (Lipinski definition) is 4. The first-order chi connectivity index (χ1) is 8.54. The van der Waals surface area contributed by atoms with Gasteiger partial charge in [-0.2, -0.15) is 5.48 Å². The highest BCUT2D eigenvalue weighted by Crippen LogP contribution is 2.14. The molecule has 1 aromatic rings. The highest BCUT2D eigenvalue weighted by atomic mass is 16.7. The zero-order chi connectivity index (χ0) is 13.5. The van der Waals surface area contributed by atoms with Crippen molar-refractivity contribution < 1.29 is 9.63 Å². The van der Waals surface area contributed by atoms with Crippen LogP contribution in [0.5, 0.6) is 0 Å². The number of amides is 1. The molecule has 4 N–H and O–H groups in total. The maximum absolute atomic E-state index is 11.8. The average Bonchev–Trinajstić information content (AvgIpc) is 2.34. The molecule has 0 unspecified atom stereocenters. The van der Waals surface area contributed by atoms with Crippen LogP contribution in [-0.4, -0.2) is 23.6 Å². The van der Waals surface area contributed by atoms with Crippen LogP contribution in [0.2, 0.25) is 0 Å². The summed E-state index contributed by atoms with van der Waals surface area (Å²) in [6, 6.07) is 3.59.